The minimum absolute atomic E-state index is 0.401. The highest BCUT2D eigenvalue weighted by Gasteiger charge is 2.11. The molecular formula is C9H18O. The SMILES string of the molecule is C=CCC(C)C(CC)OC. The molecule has 0 aromatic heterocycles. The lowest BCUT2D eigenvalue weighted by Gasteiger charge is -2.19. The van der Waals surface area contributed by atoms with Crippen molar-refractivity contribution in [3.8, 4) is 0 Å². The molecule has 0 aromatic rings. The average molecular weight is 142 g/mol. The van der Waals surface area contributed by atoms with Gasteiger partial charge in [-0.1, -0.05) is 19.9 Å². The Morgan fingerprint density at radius 2 is 2.20 bits per heavy atom. The van der Waals surface area contributed by atoms with Crippen LogP contribution in [0.1, 0.15) is 26.7 Å². The van der Waals surface area contributed by atoms with Gasteiger partial charge < -0.3 is 4.74 Å². The van der Waals surface area contributed by atoms with Crippen molar-refractivity contribution in [3.63, 3.8) is 0 Å². The van der Waals surface area contributed by atoms with Crippen LogP contribution >= 0.6 is 0 Å². The van der Waals surface area contributed by atoms with Crippen molar-refractivity contribution in [3.05, 3.63) is 12.7 Å². The summed E-state index contributed by atoms with van der Waals surface area (Å²) in [5, 5.41) is 0. The Hall–Kier alpha value is -0.300. The van der Waals surface area contributed by atoms with Crippen molar-refractivity contribution in [2.24, 2.45) is 5.92 Å². The van der Waals surface area contributed by atoms with Crippen LogP contribution in [-0.2, 0) is 4.74 Å². The first kappa shape index (κ1) is 9.70. The van der Waals surface area contributed by atoms with Gasteiger partial charge in [0.15, 0.2) is 0 Å². The maximum absolute atomic E-state index is 5.27. The molecule has 0 bridgehead atoms. The Morgan fingerprint density at radius 3 is 2.50 bits per heavy atom. The summed E-state index contributed by atoms with van der Waals surface area (Å²) in [7, 11) is 1.77. The number of hydrogen-bond donors (Lipinski definition) is 0. The highest BCUT2D eigenvalue weighted by molar-refractivity contribution is 4.75. The van der Waals surface area contributed by atoms with Gasteiger partial charge in [0.1, 0.15) is 0 Å². The standard InChI is InChI=1S/C9H18O/c1-5-7-8(3)9(6-2)10-4/h5,8-9H,1,6-7H2,2-4H3. The molecule has 0 aliphatic heterocycles. The van der Waals surface area contributed by atoms with Gasteiger partial charge in [0.2, 0.25) is 0 Å². The van der Waals surface area contributed by atoms with Crippen LogP contribution in [0.3, 0.4) is 0 Å². The van der Waals surface area contributed by atoms with Crippen LogP contribution in [0.15, 0.2) is 12.7 Å². The lowest BCUT2D eigenvalue weighted by atomic mass is 9.99. The maximum atomic E-state index is 5.27. The topological polar surface area (TPSA) is 9.23 Å². The Bertz CT molecular complexity index is 84.7. The Balaban J connectivity index is 3.63. The molecule has 0 aliphatic rings. The number of methoxy groups -OCH3 is 1. The summed E-state index contributed by atoms with van der Waals surface area (Å²) >= 11 is 0. The fourth-order valence-electron chi connectivity index (χ4n) is 1.22. The molecule has 0 aromatic carbocycles. The van der Waals surface area contributed by atoms with Crippen LogP contribution in [0, 0.1) is 5.92 Å². The third-order valence-electron chi connectivity index (χ3n) is 1.88. The predicted molar refractivity (Wildman–Crippen MR) is 45.1 cm³/mol. The van der Waals surface area contributed by atoms with E-state index in [0.717, 1.165) is 12.8 Å². The van der Waals surface area contributed by atoms with Gasteiger partial charge in [-0.2, -0.15) is 0 Å². The second-order valence-corrected chi connectivity index (χ2v) is 2.68. The smallest absolute Gasteiger partial charge is 0.0597 e. The first-order chi connectivity index (χ1) is 4.76. The lowest BCUT2D eigenvalue weighted by Crippen LogP contribution is -2.18. The van der Waals surface area contributed by atoms with Gasteiger partial charge >= 0.3 is 0 Å². The first-order valence-electron chi connectivity index (χ1n) is 3.89. The second kappa shape index (κ2) is 5.48. The fraction of sp³-hybridized carbons (Fsp3) is 0.778. The zero-order valence-electron chi connectivity index (χ0n) is 7.26. The van der Waals surface area contributed by atoms with Gasteiger partial charge in [-0.3, -0.25) is 0 Å². The van der Waals surface area contributed by atoms with E-state index in [9.17, 15) is 0 Å². The number of hydrogen-bond acceptors (Lipinski definition) is 1. The van der Waals surface area contributed by atoms with Gasteiger partial charge in [0, 0.05) is 7.11 Å². The van der Waals surface area contributed by atoms with E-state index in [4.69, 9.17) is 4.74 Å². The van der Waals surface area contributed by atoms with Crippen LogP contribution in [-0.4, -0.2) is 13.2 Å². The van der Waals surface area contributed by atoms with E-state index in [1.807, 2.05) is 6.08 Å². The predicted octanol–water partition coefficient (Wildman–Crippen LogP) is 2.62. The largest absolute Gasteiger partial charge is 0.381 e. The molecule has 0 rings (SSSR count). The highest BCUT2D eigenvalue weighted by Crippen LogP contribution is 2.13. The monoisotopic (exact) mass is 142 g/mol. The van der Waals surface area contributed by atoms with E-state index in [0.29, 0.717) is 12.0 Å². The molecule has 0 saturated carbocycles. The Kier molecular flexibility index (Phi) is 5.32. The van der Waals surface area contributed by atoms with E-state index in [1.165, 1.54) is 0 Å². The molecular weight excluding hydrogens is 124 g/mol. The molecule has 0 saturated heterocycles. The van der Waals surface area contributed by atoms with Crippen LogP contribution in [0.4, 0.5) is 0 Å². The zero-order valence-corrected chi connectivity index (χ0v) is 7.26. The van der Waals surface area contributed by atoms with Crippen LogP contribution in [0.25, 0.3) is 0 Å². The number of rotatable bonds is 5. The summed E-state index contributed by atoms with van der Waals surface area (Å²) in [4.78, 5) is 0. The molecule has 0 N–H and O–H groups in total. The Labute approximate surface area is 64.1 Å². The lowest BCUT2D eigenvalue weighted by molar-refractivity contribution is 0.0567. The molecule has 0 aliphatic carbocycles. The van der Waals surface area contributed by atoms with Crippen molar-refractivity contribution >= 4 is 0 Å². The first-order valence-corrected chi connectivity index (χ1v) is 3.89. The summed E-state index contributed by atoms with van der Waals surface area (Å²) in [6.07, 6.45) is 4.49. The maximum Gasteiger partial charge on any atom is 0.0597 e. The van der Waals surface area contributed by atoms with Crippen molar-refractivity contribution < 1.29 is 4.74 Å². The van der Waals surface area contributed by atoms with Crippen molar-refractivity contribution in [2.75, 3.05) is 7.11 Å². The van der Waals surface area contributed by atoms with Gasteiger partial charge in [-0.15, -0.1) is 6.58 Å². The summed E-state index contributed by atoms with van der Waals surface area (Å²) in [5.41, 5.74) is 0. The van der Waals surface area contributed by atoms with Gasteiger partial charge in [0.05, 0.1) is 6.10 Å². The van der Waals surface area contributed by atoms with Gasteiger partial charge in [0.25, 0.3) is 0 Å². The molecule has 0 amide bonds. The summed E-state index contributed by atoms with van der Waals surface area (Å²) in [6.45, 7) is 8.04. The molecule has 0 heterocycles. The zero-order chi connectivity index (χ0) is 7.98. The van der Waals surface area contributed by atoms with Gasteiger partial charge in [-0.05, 0) is 18.8 Å². The van der Waals surface area contributed by atoms with E-state index in [-0.39, 0.29) is 0 Å². The summed E-state index contributed by atoms with van der Waals surface area (Å²) in [5.74, 6) is 0.604. The van der Waals surface area contributed by atoms with E-state index in [1.54, 1.807) is 7.11 Å². The molecule has 2 unspecified atom stereocenters. The van der Waals surface area contributed by atoms with Crippen LogP contribution < -0.4 is 0 Å². The van der Waals surface area contributed by atoms with Crippen LogP contribution in [0.2, 0.25) is 0 Å². The van der Waals surface area contributed by atoms with Crippen molar-refractivity contribution in [2.45, 2.75) is 32.8 Å². The van der Waals surface area contributed by atoms with Crippen molar-refractivity contribution in [1.82, 2.24) is 0 Å². The number of ether oxygens (including phenoxy) is 1. The molecule has 1 nitrogen and oxygen atoms in total. The van der Waals surface area contributed by atoms with Gasteiger partial charge in [-0.25, -0.2) is 0 Å². The molecule has 0 spiro atoms. The quantitative estimate of drug-likeness (QED) is 0.536. The fourth-order valence-corrected chi connectivity index (χ4v) is 1.22. The molecule has 1 heteroatoms. The highest BCUT2D eigenvalue weighted by atomic mass is 16.5. The minimum Gasteiger partial charge on any atom is -0.381 e. The third kappa shape index (κ3) is 3.02. The van der Waals surface area contributed by atoms with E-state index < -0.39 is 0 Å². The normalized spacial score (nSPS) is 16.3. The third-order valence-corrected chi connectivity index (χ3v) is 1.88. The molecule has 2 atom stereocenters. The van der Waals surface area contributed by atoms with E-state index >= 15 is 0 Å². The summed E-state index contributed by atoms with van der Waals surface area (Å²) < 4.78 is 5.27. The second-order valence-electron chi connectivity index (χ2n) is 2.68. The average Bonchev–Trinajstić information content (AvgIpc) is 1.91. The molecule has 60 valence electrons. The molecule has 0 fully saturated rings. The molecule has 0 radical (unpaired) electrons. The van der Waals surface area contributed by atoms with Crippen molar-refractivity contribution in [1.29, 1.82) is 0 Å². The van der Waals surface area contributed by atoms with E-state index in [2.05, 4.69) is 20.4 Å². The number of allylic oxidation sites excluding steroid dienone is 1. The molecule has 10 heavy (non-hydrogen) atoms. The minimum atomic E-state index is 0.401. The Morgan fingerprint density at radius 1 is 1.60 bits per heavy atom. The van der Waals surface area contributed by atoms with Crippen LogP contribution in [0.5, 0.6) is 0 Å². The summed E-state index contributed by atoms with van der Waals surface area (Å²) in [6, 6.07) is 0.